The fraction of sp³-hybridized carbons (Fsp3) is 0.235. The van der Waals surface area contributed by atoms with E-state index in [1.165, 1.54) is 0 Å². The second-order valence-corrected chi connectivity index (χ2v) is 6.12. The van der Waals surface area contributed by atoms with Crippen LogP contribution in [0, 0.1) is 0 Å². The topological polar surface area (TPSA) is 109 Å². The summed E-state index contributed by atoms with van der Waals surface area (Å²) >= 11 is 1.55. The molecule has 8 heteroatoms. The number of methoxy groups -OCH3 is 1. The van der Waals surface area contributed by atoms with Gasteiger partial charge in [0.05, 0.1) is 18.5 Å². The van der Waals surface area contributed by atoms with Crippen molar-refractivity contribution in [2.24, 2.45) is 0 Å². The van der Waals surface area contributed by atoms with E-state index < -0.39 is 0 Å². The molecule has 0 fully saturated rings. The molecule has 0 aliphatic heterocycles. The smallest absolute Gasteiger partial charge is 0.222 e. The summed E-state index contributed by atoms with van der Waals surface area (Å²) in [5, 5.41) is 2.87. The van der Waals surface area contributed by atoms with Gasteiger partial charge in [-0.25, -0.2) is 9.97 Å². The molecule has 4 N–H and O–H groups in total. The molecule has 0 unspecified atom stereocenters. The standard InChI is InChI=1S/C17H19N5O2S/c1-3-13-14(15(18)22-17(19)21-13)24-8-11-9-25-16(20-11)10-4-6-12(23-2)7-5-10/h4-7,9H,3,8H2,1-2H3,(H4,18,19,21,22). The van der Waals surface area contributed by atoms with Crippen LogP contribution in [0.1, 0.15) is 18.3 Å². The molecule has 25 heavy (non-hydrogen) atoms. The van der Waals surface area contributed by atoms with Gasteiger partial charge in [0.2, 0.25) is 5.95 Å². The number of aromatic nitrogens is 3. The van der Waals surface area contributed by atoms with Crippen LogP contribution in [0.2, 0.25) is 0 Å². The molecule has 1 aromatic carbocycles. The summed E-state index contributed by atoms with van der Waals surface area (Å²) in [6.07, 6.45) is 0.653. The molecule has 2 heterocycles. The quantitative estimate of drug-likeness (QED) is 0.698. The molecular formula is C17H19N5O2S. The lowest BCUT2D eigenvalue weighted by molar-refractivity contribution is 0.298. The zero-order valence-electron chi connectivity index (χ0n) is 14.0. The summed E-state index contributed by atoms with van der Waals surface area (Å²) < 4.78 is 11.0. The zero-order chi connectivity index (χ0) is 17.8. The zero-order valence-corrected chi connectivity index (χ0v) is 14.8. The molecule has 0 spiro atoms. The van der Waals surface area contributed by atoms with Crippen molar-refractivity contribution in [1.29, 1.82) is 0 Å². The third kappa shape index (κ3) is 3.80. The average molecular weight is 357 g/mol. The van der Waals surface area contributed by atoms with Crippen molar-refractivity contribution in [3.8, 4) is 22.1 Å². The van der Waals surface area contributed by atoms with Crippen LogP contribution in [-0.4, -0.2) is 22.1 Å². The monoisotopic (exact) mass is 357 g/mol. The number of benzene rings is 1. The van der Waals surface area contributed by atoms with Crippen LogP contribution in [0.4, 0.5) is 11.8 Å². The highest BCUT2D eigenvalue weighted by molar-refractivity contribution is 7.13. The number of anilines is 2. The Bertz CT molecular complexity index is 864. The largest absolute Gasteiger partial charge is 0.497 e. The van der Waals surface area contributed by atoms with Gasteiger partial charge in [0.1, 0.15) is 17.4 Å². The van der Waals surface area contributed by atoms with E-state index in [0.29, 0.717) is 17.9 Å². The maximum Gasteiger partial charge on any atom is 0.222 e. The first-order valence-electron chi connectivity index (χ1n) is 7.74. The Morgan fingerprint density at radius 3 is 2.52 bits per heavy atom. The number of nitrogen functional groups attached to an aromatic ring is 2. The highest BCUT2D eigenvalue weighted by atomic mass is 32.1. The van der Waals surface area contributed by atoms with Crippen LogP contribution in [0.15, 0.2) is 29.6 Å². The number of ether oxygens (including phenoxy) is 2. The summed E-state index contributed by atoms with van der Waals surface area (Å²) in [5.74, 6) is 1.68. The van der Waals surface area contributed by atoms with Crippen LogP contribution in [0.5, 0.6) is 11.5 Å². The van der Waals surface area contributed by atoms with E-state index in [4.69, 9.17) is 20.9 Å². The molecule has 3 aromatic rings. The summed E-state index contributed by atoms with van der Waals surface area (Å²) in [4.78, 5) is 12.7. The predicted octanol–water partition coefficient (Wildman–Crippen LogP) is 2.91. The minimum atomic E-state index is 0.150. The van der Waals surface area contributed by atoms with Crippen molar-refractivity contribution in [2.45, 2.75) is 20.0 Å². The third-order valence-electron chi connectivity index (χ3n) is 3.57. The maximum absolute atomic E-state index is 5.90. The van der Waals surface area contributed by atoms with Gasteiger partial charge in [0.15, 0.2) is 11.6 Å². The highest BCUT2D eigenvalue weighted by Crippen LogP contribution is 2.28. The molecule has 3 rings (SSSR count). The van der Waals surface area contributed by atoms with E-state index in [1.807, 2.05) is 36.6 Å². The molecule has 0 saturated carbocycles. The van der Waals surface area contributed by atoms with Crippen molar-refractivity contribution < 1.29 is 9.47 Å². The summed E-state index contributed by atoms with van der Waals surface area (Å²) in [7, 11) is 1.64. The summed E-state index contributed by atoms with van der Waals surface area (Å²) in [5.41, 5.74) is 14.1. The lowest BCUT2D eigenvalue weighted by Gasteiger charge is -2.11. The number of hydrogen-bond acceptors (Lipinski definition) is 8. The fourth-order valence-electron chi connectivity index (χ4n) is 2.32. The lowest BCUT2D eigenvalue weighted by Crippen LogP contribution is -2.08. The molecule has 0 aliphatic rings. The van der Waals surface area contributed by atoms with Gasteiger partial charge in [0.25, 0.3) is 0 Å². The van der Waals surface area contributed by atoms with E-state index in [2.05, 4.69) is 15.0 Å². The van der Waals surface area contributed by atoms with Crippen LogP contribution in [0.25, 0.3) is 10.6 Å². The van der Waals surface area contributed by atoms with Crippen molar-refractivity contribution in [2.75, 3.05) is 18.6 Å². The molecule has 0 amide bonds. The lowest BCUT2D eigenvalue weighted by atomic mass is 10.2. The molecule has 0 bridgehead atoms. The average Bonchev–Trinajstić information content (AvgIpc) is 3.09. The second-order valence-electron chi connectivity index (χ2n) is 5.26. The first kappa shape index (κ1) is 17.0. The van der Waals surface area contributed by atoms with E-state index in [9.17, 15) is 0 Å². The predicted molar refractivity (Wildman–Crippen MR) is 98.7 cm³/mol. The van der Waals surface area contributed by atoms with Gasteiger partial charge < -0.3 is 20.9 Å². The van der Waals surface area contributed by atoms with Crippen LogP contribution in [0.3, 0.4) is 0 Å². The summed E-state index contributed by atoms with van der Waals surface area (Å²) in [6, 6.07) is 7.77. The Morgan fingerprint density at radius 1 is 1.08 bits per heavy atom. The molecule has 0 radical (unpaired) electrons. The van der Waals surface area contributed by atoms with Gasteiger partial charge in [0, 0.05) is 10.9 Å². The molecular weight excluding hydrogens is 338 g/mol. The van der Waals surface area contributed by atoms with Gasteiger partial charge in [-0.3, -0.25) is 0 Å². The van der Waals surface area contributed by atoms with Crippen molar-refractivity contribution in [3.63, 3.8) is 0 Å². The van der Waals surface area contributed by atoms with E-state index in [0.717, 1.165) is 22.0 Å². The van der Waals surface area contributed by atoms with Crippen LogP contribution in [-0.2, 0) is 13.0 Å². The van der Waals surface area contributed by atoms with Gasteiger partial charge in [-0.2, -0.15) is 4.98 Å². The maximum atomic E-state index is 5.90. The van der Waals surface area contributed by atoms with Crippen LogP contribution < -0.4 is 20.9 Å². The van der Waals surface area contributed by atoms with Gasteiger partial charge in [-0.15, -0.1) is 11.3 Å². The van der Waals surface area contributed by atoms with E-state index in [-0.39, 0.29) is 18.4 Å². The molecule has 130 valence electrons. The van der Waals surface area contributed by atoms with Crippen molar-refractivity contribution >= 4 is 23.1 Å². The van der Waals surface area contributed by atoms with E-state index in [1.54, 1.807) is 18.4 Å². The number of aryl methyl sites for hydroxylation is 1. The fourth-order valence-corrected chi connectivity index (χ4v) is 3.13. The Kier molecular flexibility index (Phi) is 4.99. The molecule has 0 atom stereocenters. The number of hydrogen-bond donors (Lipinski definition) is 2. The first-order chi connectivity index (χ1) is 12.1. The van der Waals surface area contributed by atoms with Crippen LogP contribution >= 0.6 is 11.3 Å². The Labute approximate surface area is 149 Å². The van der Waals surface area contributed by atoms with Gasteiger partial charge in [-0.05, 0) is 30.7 Å². The molecule has 2 aromatic heterocycles. The first-order valence-corrected chi connectivity index (χ1v) is 8.62. The van der Waals surface area contributed by atoms with Crippen molar-refractivity contribution in [3.05, 3.63) is 41.0 Å². The summed E-state index contributed by atoms with van der Waals surface area (Å²) in [6.45, 7) is 2.25. The Balaban J connectivity index is 1.74. The number of rotatable bonds is 6. The Hall–Kier alpha value is -2.87. The van der Waals surface area contributed by atoms with Crippen molar-refractivity contribution in [1.82, 2.24) is 15.0 Å². The molecule has 0 aliphatic carbocycles. The SMILES string of the molecule is CCc1nc(N)nc(N)c1OCc1csc(-c2ccc(OC)cc2)n1. The minimum Gasteiger partial charge on any atom is -0.497 e. The van der Waals surface area contributed by atoms with E-state index >= 15 is 0 Å². The Morgan fingerprint density at radius 2 is 1.84 bits per heavy atom. The molecule has 0 saturated heterocycles. The normalized spacial score (nSPS) is 10.6. The molecule has 7 nitrogen and oxygen atoms in total. The number of thiazole rings is 1. The third-order valence-corrected chi connectivity index (χ3v) is 4.51. The minimum absolute atomic E-state index is 0.150. The number of nitrogens with two attached hydrogens (primary N) is 2. The number of nitrogens with zero attached hydrogens (tertiary/aromatic N) is 3. The highest BCUT2D eigenvalue weighted by Gasteiger charge is 2.13. The van der Waals surface area contributed by atoms with Gasteiger partial charge >= 0.3 is 0 Å². The second kappa shape index (κ2) is 7.35. The van der Waals surface area contributed by atoms with Gasteiger partial charge in [-0.1, -0.05) is 6.92 Å².